The largest absolute Gasteiger partial charge is 0.334 e. The molecule has 0 amide bonds. The molecule has 1 aromatic rings. The van der Waals surface area contributed by atoms with E-state index < -0.39 is 7.60 Å². The summed E-state index contributed by atoms with van der Waals surface area (Å²) in [6, 6.07) is 8.14. The zero-order chi connectivity index (χ0) is 13.4. The van der Waals surface area contributed by atoms with Gasteiger partial charge in [-0.25, -0.2) is 0 Å². The molecule has 0 unspecified atom stereocenters. The maximum atomic E-state index is 12.2. The van der Waals surface area contributed by atoms with Crippen molar-refractivity contribution in [2.45, 2.75) is 20.8 Å². The topological polar surface area (TPSA) is 35.5 Å². The summed E-state index contributed by atoms with van der Waals surface area (Å²) in [5.41, 5.74) is 2.31. The van der Waals surface area contributed by atoms with Gasteiger partial charge in [-0.05, 0) is 26.3 Å². The van der Waals surface area contributed by atoms with Crippen LogP contribution < -0.4 is 0 Å². The first kappa shape index (κ1) is 15.2. The summed E-state index contributed by atoms with van der Waals surface area (Å²) in [5.74, 6) is 0. The number of benzene rings is 1. The van der Waals surface area contributed by atoms with Gasteiger partial charge in [0, 0.05) is 0 Å². The van der Waals surface area contributed by atoms with Crippen LogP contribution in [-0.4, -0.2) is 19.4 Å². The third kappa shape index (κ3) is 5.18. The maximum Gasteiger partial charge on any atom is 0.334 e. The van der Waals surface area contributed by atoms with Crippen LogP contribution in [0.1, 0.15) is 25.0 Å². The lowest BCUT2D eigenvalue weighted by molar-refractivity contribution is 0.222. The first-order valence-electron chi connectivity index (χ1n) is 6.21. The highest BCUT2D eigenvalue weighted by Gasteiger charge is 2.20. The predicted octanol–water partition coefficient (Wildman–Crippen LogP) is 4.27. The monoisotopic (exact) mass is 268 g/mol. The van der Waals surface area contributed by atoms with Gasteiger partial charge in [-0.2, -0.15) is 0 Å². The van der Waals surface area contributed by atoms with Crippen molar-refractivity contribution < 1.29 is 13.6 Å². The van der Waals surface area contributed by atoms with Crippen LogP contribution in [0.2, 0.25) is 0 Å². The van der Waals surface area contributed by atoms with Crippen LogP contribution in [0.3, 0.4) is 0 Å². The summed E-state index contributed by atoms with van der Waals surface area (Å²) >= 11 is 0. The molecule has 1 rings (SSSR count). The van der Waals surface area contributed by atoms with Crippen molar-refractivity contribution in [2.75, 3.05) is 19.4 Å². The van der Waals surface area contributed by atoms with Crippen LogP contribution in [0, 0.1) is 6.92 Å². The normalized spacial score (nSPS) is 12.2. The van der Waals surface area contributed by atoms with Crippen molar-refractivity contribution in [2.24, 2.45) is 0 Å². The molecular weight excluding hydrogens is 247 g/mol. The lowest BCUT2D eigenvalue weighted by atomic mass is 10.1. The molecule has 0 spiro atoms. The average molecular weight is 268 g/mol. The predicted molar refractivity (Wildman–Crippen MR) is 75.9 cm³/mol. The number of allylic oxidation sites excluding steroid dienone is 1. The highest BCUT2D eigenvalue weighted by Crippen LogP contribution is 2.47. The van der Waals surface area contributed by atoms with Gasteiger partial charge in [-0.1, -0.05) is 42.0 Å². The zero-order valence-electron chi connectivity index (χ0n) is 11.3. The van der Waals surface area contributed by atoms with Gasteiger partial charge in [-0.3, -0.25) is 4.57 Å². The molecule has 0 N–H and O–H groups in total. The quantitative estimate of drug-likeness (QED) is 0.692. The molecule has 0 fully saturated rings. The van der Waals surface area contributed by atoms with Crippen LogP contribution >= 0.6 is 7.60 Å². The molecule has 3 nitrogen and oxygen atoms in total. The van der Waals surface area contributed by atoms with Crippen molar-refractivity contribution in [3.63, 3.8) is 0 Å². The number of hydrogen-bond acceptors (Lipinski definition) is 3. The minimum Gasteiger partial charge on any atom is -0.309 e. The van der Waals surface area contributed by atoms with E-state index in [2.05, 4.69) is 0 Å². The van der Waals surface area contributed by atoms with E-state index >= 15 is 0 Å². The molecule has 0 saturated carbocycles. The minimum absolute atomic E-state index is 0.308. The third-order valence-electron chi connectivity index (χ3n) is 2.37. The summed E-state index contributed by atoms with van der Waals surface area (Å²) in [6.07, 6.45) is 4.09. The molecule has 0 atom stereocenters. The molecule has 0 heterocycles. The van der Waals surface area contributed by atoms with Crippen molar-refractivity contribution in [3.05, 3.63) is 41.5 Å². The molecule has 0 aromatic heterocycles. The fourth-order valence-electron chi connectivity index (χ4n) is 1.53. The van der Waals surface area contributed by atoms with Crippen LogP contribution in [0.5, 0.6) is 0 Å². The second-order valence-electron chi connectivity index (χ2n) is 3.94. The lowest BCUT2D eigenvalue weighted by Crippen LogP contribution is -1.98. The van der Waals surface area contributed by atoms with Crippen LogP contribution in [-0.2, 0) is 13.6 Å². The summed E-state index contributed by atoms with van der Waals surface area (Å²) < 4.78 is 22.6. The number of rotatable bonds is 7. The molecule has 4 heteroatoms. The lowest BCUT2D eigenvalue weighted by Gasteiger charge is -2.14. The van der Waals surface area contributed by atoms with E-state index in [1.165, 1.54) is 5.56 Å². The van der Waals surface area contributed by atoms with Crippen molar-refractivity contribution in [1.29, 1.82) is 0 Å². The van der Waals surface area contributed by atoms with Crippen LogP contribution in [0.15, 0.2) is 30.3 Å². The highest BCUT2D eigenvalue weighted by atomic mass is 31.2. The van der Waals surface area contributed by atoms with Gasteiger partial charge in [0.15, 0.2) is 0 Å². The van der Waals surface area contributed by atoms with E-state index in [-0.39, 0.29) is 0 Å². The van der Waals surface area contributed by atoms with Gasteiger partial charge in [0.1, 0.15) is 0 Å². The smallest absolute Gasteiger partial charge is 0.309 e. The second-order valence-corrected chi connectivity index (χ2v) is 6.05. The fraction of sp³-hybridized carbons (Fsp3) is 0.429. The SMILES string of the molecule is CCOP(=O)(C/C=C/c1ccc(C)cc1)OCC. The van der Waals surface area contributed by atoms with Gasteiger partial charge in [-0.15, -0.1) is 0 Å². The molecule has 0 bridgehead atoms. The molecule has 0 radical (unpaired) electrons. The van der Waals surface area contributed by atoms with E-state index in [9.17, 15) is 4.57 Å². The van der Waals surface area contributed by atoms with Crippen LogP contribution in [0.4, 0.5) is 0 Å². The molecular formula is C14H21O3P. The van der Waals surface area contributed by atoms with Gasteiger partial charge in [0.2, 0.25) is 0 Å². The Balaban J connectivity index is 2.61. The Kier molecular flexibility index (Phi) is 6.34. The summed E-state index contributed by atoms with van der Waals surface area (Å²) in [7, 11) is -2.95. The van der Waals surface area contributed by atoms with Gasteiger partial charge in [0.05, 0.1) is 19.4 Å². The Morgan fingerprint density at radius 3 is 2.17 bits per heavy atom. The molecule has 0 saturated heterocycles. The molecule has 18 heavy (non-hydrogen) atoms. The molecule has 0 aliphatic heterocycles. The fourth-order valence-corrected chi connectivity index (χ4v) is 2.97. The first-order valence-corrected chi connectivity index (χ1v) is 7.94. The van der Waals surface area contributed by atoms with E-state index in [0.717, 1.165) is 5.56 Å². The number of aryl methyl sites for hydroxylation is 1. The summed E-state index contributed by atoms with van der Waals surface area (Å²) in [4.78, 5) is 0. The maximum absolute atomic E-state index is 12.2. The Morgan fingerprint density at radius 1 is 1.11 bits per heavy atom. The Morgan fingerprint density at radius 2 is 1.67 bits per heavy atom. The highest BCUT2D eigenvalue weighted by molar-refractivity contribution is 7.54. The molecule has 0 aliphatic carbocycles. The summed E-state index contributed by atoms with van der Waals surface area (Å²) in [5, 5.41) is 0. The first-order chi connectivity index (χ1) is 8.59. The van der Waals surface area contributed by atoms with Gasteiger partial charge < -0.3 is 9.05 Å². The third-order valence-corrected chi connectivity index (χ3v) is 4.33. The van der Waals surface area contributed by atoms with Crippen molar-refractivity contribution >= 4 is 13.7 Å². The van der Waals surface area contributed by atoms with E-state index in [0.29, 0.717) is 19.4 Å². The van der Waals surface area contributed by atoms with E-state index in [1.54, 1.807) is 0 Å². The summed E-state index contributed by atoms with van der Waals surface area (Å²) in [6.45, 7) is 6.47. The van der Waals surface area contributed by atoms with E-state index in [1.807, 2.05) is 57.2 Å². The minimum atomic E-state index is -2.95. The zero-order valence-corrected chi connectivity index (χ0v) is 12.2. The number of hydrogen-bond donors (Lipinski definition) is 0. The van der Waals surface area contributed by atoms with Gasteiger partial charge >= 0.3 is 7.60 Å². The molecule has 100 valence electrons. The average Bonchev–Trinajstić information content (AvgIpc) is 2.32. The molecule has 0 aliphatic rings. The molecule has 1 aromatic carbocycles. The van der Waals surface area contributed by atoms with Crippen molar-refractivity contribution in [3.8, 4) is 0 Å². The van der Waals surface area contributed by atoms with Crippen molar-refractivity contribution in [1.82, 2.24) is 0 Å². The standard InChI is InChI=1S/C14H21O3P/c1-4-16-18(15,17-5-2)12-6-7-14-10-8-13(3)9-11-14/h6-11H,4-5,12H2,1-3H3/b7-6+. The van der Waals surface area contributed by atoms with Crippen LogP contribution in [0.25, 0.3) is 6.08 Å². The Bertz CT molecular complexity index is 413. The Labute approximate surface area is 109 Å². The Hall–Kier alpha value is -0.890. The second kappa shape index (κ2) is 7.52. The van der Waals surface area contributed by atoms with Gasteiger partial charge in [0.25, 0.3) is 0 Å². The van der Waals surface area contributed by atoms with E-state index in [4.69, 9.17) is 9.05 Å².